The summed E-state index contributed by atoms with van der Waals surface area (Å²) in [5.41, 5.74) is 0.628. The molecule has 138 valence electrons. The summed E-state index contributed by atoms with van der Waals surface area (Å²) in [4.78, 5) is 25.6. The topological polar surface area (TPSA) is 66.1 Å². The van der Waals surface area contributed by atoms with Gasteiger partial charge in [0, 0.05) is 25.6 Å². The molecule has 1 aliphatic rings. The van der Waals surface area contributed by atoms with Gasteiger partial charge in [-0.15, -0.1) is 0 Å². The molecular formula is C19H21F2N3O2. The molecule has 1 atom stereocenters. The Labute approximate surface area is 150 Å². The minimum absolute atomic E-state index is 0.107. The highest BCUT2D eigenvalue weighted by atomic mass is 19.1. The van der Waals surface area contributed by atoms with Crippen LogP contribution in [0.15, 0.2) is 24.3 Å². The number of amides is 1. The van der Waals surface area contributed by atoms with Gasteiger partial charge in [0.15, 0.2) is 5.78 Å². The van der Waals surface area contributed by atoms with E-state index >= 15 is 0 Å². The molecule has 3 rings (SSSR count). The number of Topliss-reactive ketones (excluding diaryl/α,β-unsaturated/α-hetero) is 1. The number of H-pyrrole nitrogens is 1. The van der Waals surface area contributed by atoms with Crippen molar-refractivity contribution in [3.8, 4) is 0 Å². The van der Waals surface area contributed by atoms with Crippen molar-refractivity contribution in [2.24, 2.45) is 5.92 Å². The number of aromatic nitrogens is 2. The number of nitrogens with zero attached hydrogens (tertiary/aromatic N) is 2. The Morgan fingerprint density at radius 1 is 1.31 bits per heavy atom. The number of ketones is 1. The van der Waals surface area contributed by atoms with Crippen LogP contribution in [0.5, 0.6) is 0 Å². The third kappa shape index (κ3) is 3.98. The lowest BCUT2D eigenvalue weighted by atomic mass is 9.91. The highest BCUT2D eigenvalue weighted by Gasteiger charge is 2.26. The second-order valence-corrected chi connectivity index (χ2v) is 6.72. The molecule has 26 heavy (non-hydrogen) atoms. The Kier molecular flexibility index (Phi) is 5.44. The molecule has 7 heteroatoms. The van der Waals surface area contributed by atoms with Gasteiger partial charge in [-0.3, -0.25) is 14.7 Å². The number of hydrogen-bond acceptors (Lipinski definition) is 3. The molecule has 1 aliphatic heterocycles. The number of aromatic amines is 1. The van der Waals surface area contributed by atoms with Crippen LogP contribution in [0.25, 0.3) is 0 Å². The molecule has 1 fully saturated rings. The van der Waals surface area contributed by atoms with Crippen LogP contribution in [0.2, 0.25) is 0 Å². The van der Waals surface area contributed by atoms with Gasteiger partial charge < -0.3 is 4.90 Å². The normalized spacial score (nSPS) is 17.3. The van der Waals surface area contributed by atoms with Crippen LogP contribution in [0.3, 0.4) is 0 Å². The van der Waals surface area contributed by atoms with Crippen LogP contribution in [-0.2, 0) is 6.42 Å². The number of rotatable bonds is 5. The van der Waals surface area contributed by atoms with E-state index in [1.807, 2.05) is 0 Å². The van der Waals surface area contributed by atoms with Crippen molar-refractivity contribution in [2.75, 3.05) is 13.1 Å². The van der Waals surface area contributed by atoms with E-state index in [9.17, 15) is 18.4 Å². The molecule has 0 bridgehead atoms. The Balaban J connectivity index is 1.61. The maximum Gasteiger partial charge on any atom is 0.271 e. The number of benzene rings is 1. The molecule has 1 aromatic heterocycles. The van der Waals surface area contributed by atoms with Crippen molar-refractivity contribution in [3.05, 3.63) is 52.9 Å². The maximum atomic E-state index is 13.8. The fraction of sp³-hybridized carbons (Fsp3) is 0.421. The predicted octanol–water partition coefficient (Wildman–Crippen LogP) is 3.38. The van der Waals surface area contributed by atoms with Gasteiger partial charge in [0.1, 0.15) is 23.0 Å². The van der Waals surface area contributed by atoms with Crippen LogP contribution in [-0.4, -0.2) is 39.9 Å². The molecule has 0 radical (unpaired) electrons. The van der Waals surface area contributed by atoms with Crippen molar-refractivity contribution < 1.29 is 18.4 Å². The SMILES string of the molecule is CC(=O)c1cc(C(=O)N2CCCC(CCc3c(F)cccc3F)C2)[nH]n1. The summed E-state index contributed by atoms with van der Waals surface area (Å²) in [7, 11) is 0. The van der Waals surface area contributed by atoms with Crippen molar-refractivity contribution in [3.63, 3.8) is 0 Å². The first kappa shape index (κ1) is 18.2. The fourth-order valence-electron chi connectivity index (χ4n) is 3.39. The van der Waals surface area contributed by atoms with Crippen LogP contribution in [0.4, 0.5) is 8.78 Å². The lowest BCUT2D eigenvalue weighted by Crippen LogP contribution is -2.40. The molecule has 2 heterocycles. The first-order valence-electron chi connectivity index (χ1n) is 8.74. The number of likely N-dealkylation sites (tertiary alicyclic amines) is 1. The van der Waals surface area contributed by atoms with E-state index in [4.69, 9.17) is 0 Å². The molecule has 1 unspecified atom stereocenters. The summed E-state index contributed by atoms with van der Waals surface area (Å²) in [5, 5.41) is 6.45. The molecule has 1 amide bonds. The Morgan fingerprint density at radius 2 is 2.04 bits per heavy atom. The fourth-order valence-corrected chi connectivity index (χ4v) is 3.39. The van der Waals surface area contributed by atoms with Crippen LogP contribution >= 0.6 is 0 Å². The van der Waals surface area contributed by atoms with Gasteiger partial charge in [0.25, 0.3) is 5.91 Å². The summed E-state index contributed by atoms with van der Waals surface area (Å²) in [6, 6.07) is 5.35. The molecule has 0 saturated carbocycles. The van der Waals surface area contributed by atoms with Gasteiger partial charge in [0.05, 0.1) is 0 Å². The summed E-state index contributed by atoms with van der Waals surface area (Å²) in [6.45, 7) is 2.55. The molecule has 0 spiro atoms. The lowest BCUT2D eigenvalue weighted by Gasteiger charge is -2.32. The quantitative estimate of drug-likeness (QED) is 0.831. The molecule has 1 N–H and O–H groups in total. The van der Waals surface area contributed by atoms with Gasteiger partial charge in [-0.1, -0.05) is 6.07 Å². The van der Waals surface area contributed by atoms with Gasteiger partial charge in [-0.2, -0.15) is 5.10 Å². The molecule has 1 saturated heterocycles. The number of hydrogen-bond donors (Lipinski definition) is 1. The third-order valence-electron chi connectivity index (χ3n) is 4.84. The summed E-state index contributed by atoms with van der Waals surface area (Å²) in [5.74, 6) is -1.27. The van der Waals surface area contributed by atoms with E-state index in [0.29, 0.717) is 25.9 Å². The minimum atomic E-state index is -0.525. The van der Waals surface area contributed by atoms with E-state index in [0.717, 1.165) is 12.8 Å². The van der Waals surface area contributed by atoms with E-state index in [1.165, 1.54) is 31.2 Å². The second kappa shape index (κ2) is 7.76. The highest BCUT2D eigenvalue weighted by molar-refractivity contribution is 5.97. The van der Waals surface area contributed by atoms with E-state index in [2.05, 4.69) is 10.2 Å². The molecule has 5 nitrogen and oxygen atoms in total. The number of carbonyl (C=O) groups excluding carboxylic acids is 2. The van der Waals surface area contributed by atoms with Crippen molar-refractivity contribution in [2.45, 2.75) is 32.6 Å². The molecular weight excluding hydrogens is 340 g/mol. The first-order chi connectivity index (χ1) is 12.5. The van der Waals surface area contributed by atoms with E-state index in [1.54, 1.807) is 4.90 Å². The standard InChI is InChI=1S/C19H21F2N3O2/c1-12(25)17-10-18(23-22-17)19(26)24-9-3-4-13(11-24)7-8-14-15(20)5-2-6-16(14)21/h2,5-6,10,13H,3-4,7-9,11H2,1H3,(H,22,23). The van der Waals surface area contributed by atoms with Crippen molar-refractivity contribution in [1.82, 2.24) is 15.1 Å². The maximum absolute atomic E-state index is 13.8. The first-order valence-corrected chi connectivity index (χ1v) is 8.74. The Hall–Kier alpha value is -2.57. The number of piperidine rings is 1. The van der Waals surface area contributed by atoms with Crippen LogP contribution < -0.4 is 0 Å². The predicted molar refractivity (Wildman–Crippen MR) is 91.9 cm³/mol. The Bertz CT molecular complexity index is 799. The molecule has 0 aliphatic carbocycles. The third-order valence-corrected chi connectivity index (χ3v) is 4.84. The van der Waals surface area contributed by atoms with Gasteiger partial charge in [0.2, 0.25) is 0 Å². The van der Waals surface area contributed by atoms with E-state index < -0.39 is 11.6 Å². The molecule has 1 aromatic carbocycles. The zero-order valence-electron chi connectivity index (χ0n) is 14.6. The number of nitrogens with one attached hydrogen (secondary N) is 1. The van der Waals surface area contributed by atoms with Crippen LogP contribution in [0.1, 0.15) is 52.7 Å². The highest BCUT2D eigenvalue weighted by Crippen LogP contribution is 2.24. The lowest BCUT2D eigenvalue weighted by molar-refractivity contribution is 0.0662. The van der Waals surface area contributed by atoms with E-state index in [-0.39, 0.29) is 34.6 Å². The zero-order chi connectivity index (χ0) is 18.7. The monoisotopic (exact) mass is 361 g/mol. The summed E-state index contributed by atoms with van der Waals surface area (Å²) >= 11 is 0. The zero-order valence-corrected chi connectivity index (χ0v) is 14.6. The smallest absolute Gasteiger partial charge is 0.271 e. The average molecular weight is 361 g/mol. The number of halogens is 2. The largest absolute Gasteiger partial charge is 0.337 e. The minimum Gasteiger partial charge on any atom is -0.337 e. The molecule has 2 aromatic rings. The van der Waals surface area contributed by atoms with Gasteiger partial charge >= 0.3 is 0 Å². The Morgan fingerprint density at radius 3 is 2.69 bits per heavy atom. The average Bonchev–Trinajstić information content (AvgIpc) is 3.11. The van der Waals surface area contributed by atoms with Crippen LogP contribution in [0, 0.1) is 17.6 Å². The summed E-state index contributed by atoms with van der Waals surface area (Å²) < 4.78 is 27.5. The second-order valence-electron chi connectivity index (χ2n) is 6.72. The van der Waals surface area contributed by atoms with Gasteiger partial charge in [-0.05, 0) is 49.8 Å². The van der Waals surface area contributed by atoms with Crippen molar-refractivity contribution >= 4 is 11.7 Å². The summed E-state index contributed by atoms with van der Waals surface area (Å²) in [6.07, 6.45) is 2.68. The number of carbonyl (C=O) groups is 2. The van der Waals surface area contributed by atoms with Crippen molar-refractivity contribution in [1.29, 1.82) is 0 Å². The van der Waals surface area contributed by atoms with Gasteiger partial charge in [-0.25, -0.2) is 8.78 Å².